The lowest BCUT2D eigenvalue weighted by molar-refractivity contribution is 0.340. The minimum atomic E-state index is 0.678. The van der Waals surface area contributed by atoms with Gasteiger partial charge in [-0.15, -0.1) is 0 Å². The summed E-state index contributed by atoms with van der Waals surface area (Å²) < 4.78 is 7.20. The molecule has 1 aromatic carbocycles. The third kappa shape index (κ3) is 2.72. The number of nitrogens with two attached hydrogens (primary N) is 1. The first-order valence-corrected chi connectivity index (χ1v) is 6.72. The monoisotopic (exact) mass is 259 g/mol. The van der Waals surface area contributed by atoms with E-state index >= 15 is 0 Å². The molecular weight excluding hydrogens is 238 g/mol. The number of aromatic nitrogens is 2. The second-order valence-corrected chi connectivity index (χ2v) is 4.54. The lowest BCUT2D eigenvalue weighted by Crippen LogP contribution is -1.99. The highest BCUT2D eigenvalue weighted by Gasteiger charge is 2.14. The molecular formula is C15H21N3O. The molecule has 1 heterocycles. The first kappa shape index (κ1) is 13.5. The van der Waals surface area contributed by atoms with E-state index in [1.54, 1.807) is 4.68 Å². The molecule has 0 saturated heterocycles. The van der Waals surface area contributed by atoms with Gasteiger partial charge in [-0.1, -0.05) is 13.3 Å². The average Bonchev–Trinajstić information content (AvgIpc) is 2.69. The van der Waals surface area contributed by atoms with Gasteiger partial charge < -0.3 is 10.5 Å². The highest BCUT2D eigenvalue weighted by Crippen LogP contribution is 2.29. The average molecular weight is 259 g/mol. The van der Waals surface area contributed by atoms with Crippen LogP contribution in [0.15, 0.2) is 24.3 Å². The third-order valence-electron chi connectivity index (χ3n) is 3.13. The molecule has 0 atom stereocenters. The first-order chi connectivity index (χ1) is 9.17. The third-order valence-corrected chi connectivity index (χ3v) is 3.13. The van der Waals surface area contributed by atoms with Crippen LogP contribution in [0.5, 0.6) is 5.75 Å². The van der Waals surface area contributed by atoms with Crippen molar-refractivity contribution in [1.29, 1.82) is 0 Å². The molecule has 102 valence electrons. The van der Waals surface area contributed by atoms with Crippen LogP contribution in [-0.4, -0.2) is 16.4 Å². The Balaban J connectivity index is 2.37. The van der Waals surface area contributed by atoms with Gasteiger partial charge in [-0.25, -0.2) is 0 Å². The van der Waals surface area contributed by atoms with Gasteiger partial charge in [0.1, 0.15) is 11.6 Å². The molecule has 0 amide bonds. The van der Waals surface area contributed by atoms with Crippen molar-refractivity contribution >= 4 is 5.82 Å². The first-order valence-electron chi connectivity index (χ1n) is 6.72. The number of hydrogen-bond acceptors (Lipinski definition) is 3. The summed E-state index contributed by atoms with van der Waals surface area (Å²) in [7, 11) is 1.88. The molecule has 0 radical (unpaired) electrons. The molecule has 4 heteroatoms. The second-order valence-electron chi connectivity index (χ2n) is 4.54. The number of nitrogens with zero attached hydrogens (tertiary/aromatic N) is 2. The maximum Gasteiger partial charge on any atom is 0.125 e. The number of aryl methyl sites for hydroxylation is 1. The van der Waals surface area contributed by atoms with Gasteiger partial charge in [0.15, 0.2) is 0 Å². The normalized spacial score (nSPS) is 10.7. The molecule has 0 saturated carbocycles. The van der Waals surface area contributed by atoms with Gasteiger partial charge in [0.25, 0.3) is 0 Å². The van der Waals surface area contributed by atoms with E-state index in [0.717, 1.165) is 41.2 Å². The Morgan fingerprint density at radius 2 is 1.89 bits per heavy atom. The zero-order valence-corrected chi connectivity index (χ0v) is 11.8. The van der Waals surface area contributed by atoms with E-state index in [2.05, 4.69) is 12.0 Å². The Bertz CT molecular complexity index is 543. The molecule has 0 aliphatic carbocycles. The number of benzene rings is 1. The Hall–Kier alpha value is -1.97. The fourth-order valence-corrected chi connectivity index (χ4v) is 2.18. The van der Waals surface area contributed by atoms with E-state index in [0.29, 0.717) is 6.61 Å². The number of hydrogen-bond donors (Lipinski definition) is 1. The minimum Gasteiger partial charge on any atom is -0.494 e. The van der Waals surface area contributed by atoms with Crippen molar-refractivity contribution < 1.29 is 4.74 Å². The summed E-state index contributed by atoms with van der Waals surface area (Å²) in [4.78, 5) is 0. The van der Waals surface area contributed by atoms with E-state index in [4.69, 9.17) is 10.5 Å². The number of ether oxygens (including phenoxy) is 1. The molecule has 2 rings (SSSR count). The van der Waals surface area contributed by atoms with Gasteiger partial charge >= 0.3 is 0 Å². The van der Waals surface area contributed by atoms with E-state index in [9.17, 15) is 0 Å². The topological polar surface area (TPSA) is 53.1 Å². The summed E-state index contributed by atoms with van der Waals surface area (Å²) in [6, 6.07) is 8.01. The fraction of sp³-hybridized carbons (Fsp3) is 0.400. The largest absolute Gasteiger partial charge is 0.494 e. The second kappa shape index (κ2) is 5.78. The summed E-state index contributed by atoms with van der Waals surface area (Å²) in [5, 5.41) is 4.53. The Kier molecular flexibility index (Phi) is 4.10. The van der Waals surface area contributed by atoms with Crippen molar-refractivity contribution in [3.05, 3.63) is 29.8 Å². The molecule has 19 heavy (non-hydrogen) atoms. The SMILES string of the molecule is CCCc1c(-c2ccc(OCC)cc2)nn(C)c1N. The Morgan fingerprint density at radius 1 is 1.21 bits per heavy atom. The maximum atomic E-state index is 6.08. The molecule has 1 aromatic heterocycles. The van der Waals surface area contributed by atoms with Crippen molar-refractivity contribution in [1.82, 2.24) is 9.78 Å². The van der Waals surface area contributed by atoms with E-state index in [1.165, 1.54) is 0 Å². The minimum absolute atomic E-state index is 0.678. The van der Waals surface area contributed by atoms with Crippen LogP contribution < -0.4 is 10.5 Å². The Morgan fingerprint density at radius 3 is 2.47 bits per heavy atom. The number of anilines is 1. The summed E-state index contributed by atoms with van der Waals surface area (Å²) in [5.41, 5.74) is 9.27. The molecule has 0 fully saturated rings. The zero-order valence-electron chi connectivity index (χ0n) is 11.8. The van der Waals surface area contributed by atoms with Gasteiger partial charge in [0.2, 0.25) is 0 Å². The lowest BCUT2D eigenvalue weighted by atomic mass is 10.0. The van der Waals surface area contributed by atoms with Crippen LogP contribution in [0.25, 0.3) is 11.3 Å². The van der Waals surface area contributed by atoms with Crippen LogP contribution in [-0.2, 0) is 13.5 Å². The standard InChI is InChI=1S/C15H21N3O/c1-4-6-13-14(17-18(3)15(13)16)11-7-9-12(10-8-11)19-5-2/h7-10H,4-6,16H2,1-3H3. The fourth-order valence-electron chi connectivity index (χ4n) is 2.18. The van der Waals surface area contributed by atoms with E-state index < -0.39 is 0 Å². The molecule has 2 aromatic rings. The smallest absolute Gasteiger partial charge is 0.125 e. The van der Waals surface area contributed by atoms with Gasteiger partial charge in [0, 0.05) is 18.2 Å². The predicted molar refractivity (Wildman–Crippen MR) is 78.2 cm³/mol. The van der Waals surface area contributed by atoms with E-state index in [1.807, 2.05) is 38.2 Å². The summed E-state index contributed by atoms with van der Waals surface area (Å²) in [5.74, 6) is 1.64. The number of rotatable bonds is 5. The lowest BCUT2D eigenvalue weighted by Gasteiger charge is -2.05. The van der Waals surface area contributed by atoms with Crippen LogP contribution in [0, 0.1) is 0 Å². The Labute approximate surface area is 114 Å². The summed E-state index contributed by atoms with van der Waals surface area (Å²) >= 11 is 0. The van der Waals surface area contributed by atoms with Crippen molar-refractivity contribution in [2.45, 2.75) is 26.7 Å². The molecule has 0 aliphatic heterocycles. The quantitative estimate of drug-likeness (QED) is 0.898. The summed E-state index contributed by atoms with van der Waals surface area (Å²) in [6.07, 6.45) is 2.00. The maximum absolute atomic E-state index is 6.08. The molecule has 0 bridgehead atoms. The van der Waals surface area contributed by atoms with Crippen LogP contribution in [0.4, 0.5) is 5.82 Å². The van der Waals surface area contributed by atoms with Crippen LogP contribution in [0.2, 0.25) is 0 Å². The number of nitrogen functional groups attached to an aromatic ring is 1. The zero-order chi connectivity index (χ0) is 13.8. The van der Waals surface area contributed by atoms with Crippen molar-refractivity contribution in [3.8, 4) is 17.0 Å². The van der Waals surface area contributed by atoms with Crippen molar-refractivity contribution in [2.24, 2.45) is 7.05 Å². The van der Waals surface area contributed by atoms with Crippen LogP contribution in [0.3, 0.4) is 0 Å². The van der Waals surface area contributed by atoms with Crippen LogP contribution >= 0.6 is 0 Å². The van der Waals surface area contributed by atoms with Crippen molar-refractivity contribution in [3.63, 3.8) is 0 Å². The highest BCUT2D eigenvalue weighted by atomic mass is 16.5. The van der Waals surface area contributed by atoms with Gasteiger partial charge in [0.05, 0.1) is 12.3 Å². The molecule has 2 N–H and O–H groups in total. The van der Waals surface area contributed by atoms with Gasteiger partial charge in [-0.2, -0.15) is 5.10 Å². The predicted octanol–water partition coefficient (Wildman–Crippen LogP) is 3.02. The van der Waals surface area contributed by atoms with Crippen molar-refractivity contribution in [2.75, 3.05) is 12.3 Å². The van der Waals surface area contributed by atoms with E-state index in [-0.39, 0.29) is 0 Å². The molecule has 4 nitrogen and oxygen atoms in total. The highest BCUT2D eigenvalue weighted by molar-refractivity contribution is 5.68. The summed E-state index contributed by atoms with van der Waals surface area (Å²) in [6.45, 7) is 4.80. The molecule has 0 aliphatic rings. The molecule has 0 spiro atoms. The van der Waals surface area contributed by atoms with Gasteiger partial charge in [-0.3, -0.25) is 4.68 Å². The van der Waals surface area contributed by atoms with Crippen LogP contribution in [0.1, 0.15) is 25.8 Å². The van der Waals surface area contributed by atoms with Gasteiger partial charge in [-0.05, 0) is 37.6 Å². The molecule has 0 unspecified atom stereocenters.